The average Bonchev–Trinajstić information content (AvgIpc) is 2.76. The van der Waals surface area contributed by atoms with Gasteiger partial charge in [-0.05, 0) is 50.7 Å². The summed E-state index contributed by atoms with van der Waals surface area (Å²) in [6.07, 6.45) is -0.0924. The minimum absolute atomic E-state index is 0.0924. The molecule has 19 heavy (non-hydrogen) atoms. The molecule has 0 fully saturated rings. The summed E-state index contributed by atoms with van der Waals surface area (Å²) in [5, 5.41) is 26.5. The van der Waals surface area contributed by atoms with Crippen LogP contribution >= 0.6 is 31.9 Å². The van der Waals surface area contributed by atoms with Gasteiger partial charge in [-0.1, -0.05) is 0 Å². The highest BCUT2D eigenvalue weighted by molar-refractivity contribution is 9.11. The van der Waals surface area contributed by atoms with Crippen LogP contribution in [0.2, 0.25) is 0 Å². The lowest BCUT2D eigenvalue weighted by Crippen LogP contribution is -2.21. The van der Waals surface area contributed by atoms with E-state index < -0.39 is 0 Å². The first-order valence-electron chi connectivity index (χ1n) is 5.25. The molecule has 0 aliphatic carbocycles. The maximum Gasteiger partial charge on any atom is 0.133 e. The third kappa shape index (κ3) is 2.29. The Morgan fingerprint density at radius 3 is 1.79 bits per heavy atom. The largest absolute Gasteiger partial charge is 0.379 e. The first-order chi connectivity index (χ1) is 8.99. The Labute approximate surface area is 125 Å². The normalized spacial score (nSPS) is 10.5. The smallest absolute Gasteiger partial charge is 0.133 e. The SMILES string of the molecule is CC(C)On1nc2c(Br)c(C#N)c(C#N)c(Br)c2n1. The zero-order chi connectivity index (χ0) is 14.2. The lowest BCUT2D eigenvalue weighted by molar-refractivity contribution is 0.0126. The predicted octanol–water partition coefficient (Wildman–Crippen LogP) is 2.54. The first kappa shape index (κ1) is 13.8. The molecule has 2 aromatic rings. The number of halogens is 2. The molecule has 0 radical (unpaired) electrons. The van der Waals surface area contributed by atoms with Crippen molar-refractivity contribution in [2.24, 2.45) is 0 Å². The molecule has 0 saturated carbocycles. The maximum absolute atomic E-state index is 9.13. The summed E-state index contributed by atoms with van der Waals surface area (Å²) < 4.78 is 0.867. The topological polar surface area (TPSA) is 87.5 Å². The lowest BCUT2D eigenvalue weighted by Gasteiger charge is -2.04. The highest BCUT2D eigenvalue weighted by atomic mass is 79.9. The van der Waals surface area contributed by atoms with E-state index in [1.807, 2.05) is 26.0 Å². The molecule has 1 heterocycles. The molecule has 2 rings (SSSR count). The van der Waals surface area contributed by atoms with Crippen molar-refractivity contribution in [2.75, 3.05) is 0 Å². The van der Waals surface area contributed by atoms with Gasteiger partial charge < -0.3 is 4.84 Å². The first-order valence-corrected chi connectivity index (χ1v) is 6.83. The highest BCUT2D eigenvalue weighted by Gasteiger charge is 2.21. The van der Waals surface area contributed by atoms with Crippen LogP contribution in [0.4, 0.5) is 0 Å². The standard InChI is InChI=1S/C11H7Br2N5O/c1-5(2)19-18-16-10-8(12)6(3-14)7(4-15)9(13)11(10)17-18/h5H,1-2H3. The zero-order valence-corrected chi connectivity index (χ0v) is 13.1. The molecular formula is C11H7Br2N5O. The second kappa shape index (κ2) is 5.16. The Morgan fingerprint density at radius 1 is 1.05 bits per heavy atom. The van der Waals surface area contributed by atoms with Gasteiger partial charge in [0.15, 0.2) is 0 Å². The number of fused-ring (bicyclic) bond motifs is 1. The fourth-order valence-corrected chi connectivity index (χ4v) is 2.59. The molecule has 0 aliphatic rings. The molecule has 1 aromatic carbocycles. The number of benzene rings is 1. The summed E-state index contributed by atoms with van der Waals surface area (Å²) in [5.74, 6) is 0. The molecule has 0 N–H and O–H groups in total. The van der Waals surface area contributed by atoms with Crippen LogP contribution < -0.4 is 4.84 Å². The van der Waals surface area contributed by atoms with Crippen LogP contribution in [0.25, 0.3) is 11.0 Å². The second-order valence-corrected chi connectivity index (χ2v) is 5.49. The quantitative estimate of drug-likeness (QED) is 0.793. The van der Waals surface area contributed by atoms with Gasteiger partial charge in [0.05, 0.1) is 20.1 Å². The summed E-state index contributed by atoms with van der Waals surface area (Å²) in [5.41, 5.74) is 1.36. The van der Waals surface area contributed by atoms with Crippen LogP contribution in [-0.2, 0) is 0 Å². The number of hydrogen-bond acceptors (Lipinski definition) is 5. The highest BCUT2D eigenvalue weighted by Crippen LogP contribution is 2.34. The molecular weight excluding hydrogens is 378 g/mol. The fraction of sp³-hybridized carbons (Fsp3) is 0.273. The molecule has 1 aromatic heterocycles. The van der Waals surface area contributed by atoms with Crippen molar-refractivity contribution in [2.45, 2.75) is 20.0 Å². The van der Waals surface area contributed by atoms with Crippen molar-refractivity contribution in [3.8, 4) is 12.1 Å². The van der Waals surface area contributed by atoms with Gasteiger partial charge in [0.1, 0.15) is 29.3 Å². The molecule has 0 unspecified atom stereocenters. The Balaban J connectivity index is 2.79. The van der Waals surface area contributed by atoms with Gasteiger partial charge in [0.2, 0.25) is 0 Å². The number of aromatic nitrogens is 3. The maximum atomic E-state index is 9.13. The number of hydrogen-bond donors (Lipinski definition) is 0. The molecule has 0 atom stereocenters. The van der Waals surface area contributed by atoms with E-state index in [0.717, 1.165) is 4.96 Å². The van der Waals surface area contributed by atoms with E-state index in [0.29, 0.717) is 20.0 Å². The molecule has 0 saturated heterocycles. The minimum atomic E-state index is -0.0924. The van der Waals surface area contributed by atoms with Gasteiger partial charge in [-0.3, -0.25) is 0 Å². The molecule has 0 spiro atoms. The average molecular weight is 385 g/mol. The van der Waals surface area contributed by atoms with E-state index in [2.05, 4.69) is 42.1 Å². The number of nitrogens with zero attached hydrogens (tertiary/aromatic N) is 5. The molecule has 0 aliphatic heterocycles. The van der Waals surface area contributed by atoms with E-state index >= 15 is 0 Å². The Morgan fingerprint density at radius 2 is 1.47 bits per heavy atom. The van der Waals surface area contributed by atoms with Crippen molar-refractivity contribution in [1.29, 1.82) is 10.5 Å². The number of rotatable bonds is 2. The van der Waals surface area contributed by atoms with Gasteiger partial charge in [-0.2, -0.15) is 10.5 Å². The van der Waals surface area contributed by atoms with Gasteiger partial charge in [0.25, 0.3) is 0 Å². The van der Waals surface area contributed by atoms with Crippen molar-refractivity contribution in [1.82, 2.24) is 15.2 Å². The van der Waals surface area contributed by atoms with Crippen LogP contribution in [-0.4, -0.2) is 21.3 Å². The third-order valence-electron chi connectivity index (χ3n) is 2.23. The summed E-state index contributed by atoms with van der Waals surface area (Å²) in [7, 11) is 0. The summed E-state index contributed by atoms with van der Waals surface area (Å²) >= 11 is 6.56. The van der Waals surface area contributed by atoms with Gasteiger partial charge in [-0.15, -0.1) is 10.2 Å². The van der Waals surface area contributed by atoms with Crippen LogP contribution in [0, 0.1) is 22.7 Å². The van der Waals surface area contributed by atoms with Crippen LogP contribution in [0.1, 0.15) is 25.0 Å². The van der Waals surface area contributed by atoms with Gasteiger partial charge in [0, 0.05) is 0 Å². The Bertz CT molecular complexity index is 681. The summed E-state index contributed by atoms with van der Waals surface area (Å²) in [6.45, 7) is 3.69. The molecule has 0 amide bonds. The van der Waals surface area contributed by atoms with Gasteiger partial charge in [-0.25, -0.2) is 0 Å². The number of nitriles is 2. The van der Waals surface area contributed by atoms with Crippen molar-refractivity contribution in [3.05, 3.63) is 20.1 Å². The van der Waals surface area contributed by atoms with Crippen LogP contribution in [0.5, 0.6) is 0 Å². The zero-order valence-electron chi connectivity index (χ0n) is 9.98. The molecule has 0 bridgehead atoms. The van der Waals surface area contributed by atoms with E-state index in [9.17, 15) is 0 Å². The monoisotopic (exact) mass is 383 g/mol. The third-order valence-corrected chi connectivity index (χ3v) is 3.77. The lowest BCUT2D eigenvalue weighted by atomic mass is 10.1. The van der Waals surface area contributed by atoms with Crippen LogP contribution in [0.15, 0.2) is 8.95 Å². The minimum Gasteiger partial charge on any atom is -0.379 e. The summed E-state index contributed by atoms with van der Waals surface area (Å²) in [4.78, 5) is 6.43. The molecule has 96 valence electrons. The van der Waals surface area contributed by atoms with E-state index in [1.54, 1.807) is 0 Å². The van der Waals surface area contributed by atoms with Gasteiger partial charge >= 0.3 is 0 Å². The van der Waals surface area contributed by atoms with Crippen molar-refractivity contribution in [3.63, 3.8) is 0 Å². The predicted molar refractivity (Wildman–Crippen MR) is 74.1 cm³/mol. The second-order valence-electron chi connectivity index (χ2n) is 3.91. The van der Waals surface area contributed by atoms with E-state index in [1.165, 1.54) is 0 Å². The molecule has 8 heteroatoms. The van der Waals surface area contributed by atoms with Crippen molar-refractivity contribution < 1.29 is 4.84 Å². The molecule has 6 nitrogen and oxygen atoms in total. The fourth-order valence-electron chi connectivity index (χ4n) is 1.49. The van der Waals surface area contributed by atoms with Crippen LogP contribution in [0.3, 0.4) is 0 Å². The van der Waals surface area contributed by atoms with E-state index in [-0.39, 0.29) is 17.2 Å². The summed E-state index contributed by atoms with van der Waals surface area (Å²) in [6, 6.07) is 3.96. The van der Waals surface area contributed by atoms with E-state index in [4.69, 9.17) is 15.4 Å². The Kier molecular flexibility index (Phi) is 3.74. The van der Waals surface area contributed by atoms with Crippen molar-refractivity contribution >= 4 is 42.9 Å². The Hall–Kier alpha value is -1.64.